The molecule has 226 valence electrons. The van der Waals surface area contributed by atoms with Crippen LogP contribution in [0.5, 0.6) is 11.5 Å². The highest BCUT2D eigenvalue weighted by atomic mass is 19.4. The number of alkyl halides is 9. The Morgan fingerprint density at radius 2 is 1.27 bits per heavy atom. The summed E-state index contributed by atoms with van der Waals surface area (Å²) < 4.78 is 111. The lowest BCUT2D eigenvalue weighted by Crippen LogP contribution is -2.43. The summed E-state index contributed by atoms with van der Waals surface area (Å²) in [7, 11) is 0. The highest BCUT2D eigenvalue weighted by molar-refractivity contribution is 5.73. The van der Waals surface area contributed by atoms with Crippen LogP contribution in [0.15, 0.2) is 78.9 Å². The van der Waals surface area contributed by atoms with Crippen LogP contribution < -0.4 is 14.8 Å². The Morgan fingerprint density at radius 1 is 0.780 bits per heavy atom. The lowest BCUT2D eigenvalue weighted by atomic mass is 9.70. The standard InChI is InChI=1S/C25H23F4NO3.C2H3F3.CH2F2/c1-18(31)30-16-24(15-19-7-3-2-4-8-19,20-9-5-11-22(13-20)32-17-26)21-10-6-12-23(14-21)33-25(27,28)29;1-2(3,4)5;2-1-3/h2-14H,15-17H2,1H3,(H,30,31);1H3;1H2. The summed E-state index contributed by atoms with van der Waals surface area (Å²) in [6, 6.07) is 21.6. The number of hydrogen-bond acceptors (Lipinski definition) is 3. The molecular weight excluding hydrogens is 569 g/mol. The van der Waals surface area contributed by atoms with Gasteiger partial charge in [-0.05, 0) is 47.4 Å². The zero-order chi connectivity index (χ0) is 31.1. The van der Waals surface area contributed by atoms with Crippen molar-refractivity contribution in [3.63, 3.8) is 0 Å². The third-order valence-electron chi connectivity index (χ3n) is 5.22. The minimum atomic E-state index is -4.85. The van der Waals surface area contributed by atoms with E-state index in [9.17, 15) is 44.3 Å². The van der Waals surface area contributed by atoms with Crippen LogP contribution in [0.1, 0.15) is 30.5 Å². The van der Waals surface area contributed by atoms with Crippen molar-refractivity contribution in [2.45, 2.75) is 38.2 Å². The lowest BCUT2D eigenvalue weighted by molar-refractivity contribution is -0.274. The molecule has 0 radical (unpaired) electrons. The second kappa shape index (κ2) is 16.4. The first-order chi connectivity index (χ1) is 19.1. The van der Waals surface area contributed by atoms with E-state index in [1.807, 2.05) is 30.3 Å². The first kappa shape index (κ1) is 35.1. The van der Waals surface area contributed by atoms with Crippen molar-refractivity contribution >= 4 is 5.91 Å². The summed E-state index contributed by atoms with van der Waals surface area (Å²) in [4.78, 5) is 11.9. The van der Waals surface area contributed by atoms with Gasteiger partial charge in [-0.3, -0.25) is 4.79 Å². The smallest absolute Gasteiger partial charge is 0.463 e. The maximum Gasteiger partial charge on any atom is 0.573 e. The van der Waals surface area contributed by atoms with Gasteiger partial charge in [0, 0.05) is 25.8 Å². The Kier molecular flexibility index (Phi) is 14.0. The minimum Gasteiger partial charge on any atom is -0.463 e. The number of carbonyl (C=O) groups excluding carboxylic acids is 1. The monoisotopic (exact) mass is 597 g/mol. The molecule has 0 bridgehead atoms. The Bertz CT molecular complexity index is 1180. The van der Waals surface area contributed by atoms with Gasteiger partial charge >= 0.3 is 12.5 Å². The molecule has 1 N–H and O–H groups in total. The van der Waals surface area contributed by atoms with Crippen LogP contribution in [0.2, 0.25) is 0 Å². The van der Waals surface area contributed by atoms with E-state index < -0.39 is 31.7 Å². The van der Waals surface area contributed by atoms with Crippen LogP contribution in [0.4, 0.5) is 39.5 Å². The van der Waals surface area contributed by atoms with E-state index in [1.165, 1.54) is 25.1 Å². The van der Waals surface area contributed by atoms with Gasteiger partial charge in [0.25, 0.3) is 0 Å². The molecule has 0 saturated carbocycles. The second-order valence-corrected chi connectivity index (χ2v) is 8.39. The fourth-order valence-electron chi connectivity index (χ4n) is 3.79. The van der Waals surface area contributed by atoms with Gasteiger partial charge < -0.3 is 14.8 Å². The third kappa shape index (κ3) is 13.8. The van der Waals surface area contributed by atoms with E-state index >= 15 is 0 Å². The first-order valence-corrected chi connectivity index (χ1v) is 11.8. The number of amides is 1. The van der Waals surface area contributed by atoms with E-state index in [0.29, 0.717) is 17.5 Å². The topological polar surface area (TPSA) is 47.6 Å². The molecule has 1 amide bonds. The van der Waals surface area contributed by atoms with Gasteiger partial charge in [0.2, 0.25) is 19.7 Å². The Hall–Kier alpha value is -3.90. The largest absolute Gasteiger partial charge is 0.573 e. The number of carbonyl (C=O) groups is 1. The number of hydrogen-bond donors (Lipinski definition) is 1. The molecular formula is C28H28F9NO3. The van der Waals surface area contributed by atoms with Crippen molar-refractivity contribution in [2.75, 3.05) is 20.3 Å². The molecule has 41 heavy (non-hydrogen) atoms. The van der Waals surface area contributed by atoms with E-state index in [2.05, 4.69) is 10.1 Å². The molecule has 3 aromatic rings. The fourth-order valence-corrected chi connectivity index (χ4v) is 3.79. The number of halogens is 9. The maximum atomic E-state index is 12.9. The molecule has 0 spiro atoms. The summed E-state index contributed by atoms with van der Waals surface area (Å²) in [5.74, 6) is -0.416. The zero-order valence-corrected chi connectivity index (χ0v) is 22.0. The van der Waals surface area contributed by atoms with Crippen molar-refractivity contribution in [2.24, 2.45) is 0 Å². The predicted octanol–water partition coefficient (Wildman–Crippen LogP) is 8.01. The molecule has 1 atom stereocenters. The van der Waals surface area contributed by atoms with Crippen LogP contribution in [0.25, 0.3) is 0 Å². The van der Waals surface area contributed by atoms with Crippen molar-refractivity contribution in [3.8, 4) is 11.5 Å². The fraction of sp³-hybridized carbons (Fsp3) is 0.321. The molecule has 3 aromatic carbocycles. The maximum absolute atomic E-state index is 12.9. The van der Waals surface area contributed by atoms with Gasteiger partial charge in [-0.2, -0.15) is 13.2 Å². The van der Waals surface area contributed by atoms with Gasteiger partial charge in [0.05, 0.1) is 0 Å². The first-order valence-electron chi connectivity index (χ1n) is 11.8. The van der Waals surface area contributed by atoms with E-state index in [-0.39, 0.29) is 30.9 Å². The van der Waals surface area contributed by atoms with Gasteiger partial charge in [0.1, 0.15) is 11.5 Å². The van der Waals surface area contributed by atoms with E-state index in [4.69, 9.17) is 4.74 Å². The Labute approximate surface area is 231 Å². The van der Waals surface area contributed by atoms with Gasteiger partial charge in [-0.1, -0.05) is 54.6 Å². The number of benzene rings is 3. The van der Waals surface area contributed by atoms with Gasteiger partial charge in [-0.15, -0.1) is 13.2 Å². The summed E-state index contributed by atoms with van der Waals surface area (Å²) in [6.45, 7) is -1.16. The Morgan fingerprint density at radius 3 is 1.73 bits per heavy atom. The minimum absolute atomic E-state index is 0.0752. The van der Waals surface area contributed by atoms with Crippen molar-refractivity contribution in [1.82, 2.24) is 5.32 Å². The average molecular weight is 598 g/mol. The SMILES string of the molecule is CC(=O)NCC(Cc1ccccc1)(c1cccc(OCF)c1)c1cccc(OC(F)(F)F)c1.CC(F)(F)F.FCF. The number of nitrogens with one attached hydrogen (secondary N) is 1. The molecule has 4 nitrogen and oxygen atoms in total. The predicted molar refractivity (Wildman–Crippen MR) is 135 cm³/mol. The molecule has 0 aliphatic heterocycles. The zero-order valence-electron chi connectivity index (χ0n) is 22.0. The van der Waals surface area contributed by atoms with Gasteiger partial charge in [0.15, 0.2) is 0 Å². The summed E-state index contributed by atoms with van der Waals surface area (Å²) >= 11 is 0. The van der Waals surface area contributed by atoms with E-state index in [0.717, 1.165) is 5.56 Å². The number of ether oxygens (including phenoxy) is 2. The quantitative estimate of drug-likeness (QED) is 0.254. The Balaban J connectivity index is 0.000000930. The van der Waals surface area contributed by atoms with Crippen LogP contribution in [0, 0.1) is 0 Å². The average Bonchev–Trinajstić information content (AvgIpc) is 2.86. The van der Waals surface area contributed by atoms with E-state index in [1.54, 1.807) is 30.3 Å². The van der Waals surface area contributed by atoms with Crippen LogP contribution >= 0.6 is 0 Å². The van der Waals surface area contributed by atoms with Crippen LogP contribution in [0.3, 0.4) is 0 Å². The second-order valence-electron chi connectivity index (χ2n) is 8.39. The molecule has 0 fully saturated rings. The van der Waals surface area contributed by atoms with Crippen LogP contribution in [-0.4, -0.2) is 38.8 Å². The molecule has 13 heteroatoms. The molecule has 3 rings (SSSR count). The highest BCUT2D eigenvalue weighted by Gasteiger charge is 2.37. The summed E-state index contributed by atoms with van der Waals surface area (Å²) in [6.07, 6.45) is -8.52. The lowest BCUT2D eigenvalue weighted by Gasteiger charge is -2.36. The summed E-state index contributed by atoms with van der Waals surface area (Å²) in [5.41, 5.74) is 1.00. The third-order valence-corrected chi connectivity index (χ3v) is 5.22. The van der Waals surface area contributed by atoms with Crippen molar-refractivity contribution < 1.29 is 53.8 Å². The molecule has 1 unspecified atom stereocenters. The molecule has 0 heterocycles. The van der Waals surface area contributed by atoms with Crippen molar-refractivity contribution in [3.05, 3.63) is 95.6 Å². The van der Waals surface area contributed by atoms with Gasteiger partial charge in [-0.25, -0.2) is 13.2 Å². The van der Waals surface area contributed by atoms with Crippen molar-refractivity contribution in [1.29, 1.82) is 0 Å². The molecule has 0 aromatic heterocycles. The molecule has 0 aliphatic rings. The molecule has 0 aliphatic carbocycles. The van der Waals surface area contributed by atoms with Crippen LogP contribution in [-0.2, 0) is 16.6 Å². The normalized spacial score (nSPS) is 12.5. The molecule has 0 saturated heterocycles. The number of rotatable bonds is 9. The summed E-state index contributed by atoms with van der Waals surface area (Å²) in [5, 5.41) is 2.81. The highest BCUT2D eigenvalue weighted by Crippen LogP contribution is 2.39.